The standard InChI is InChI=1S/C18H18N2O7/c1-11-8-13(20(23)24)5-6-14(11)19-17(21)10-27-18(22)12-4-7-15(25-2)16(9-12)26-3/h4-9H,10H2,1-3H3,(H,19,21). The quantitative estimate of drug-likeness (QED) is 0.450. The normalized spacial score (nSPS) is 10.0. The number of nitrogens with one attached hydrogen (secondary N) is 1. The van der Waals surface area contributed by atoms with Crippen LogP contribution in [-0.4, -0.2) is 37.6 Å². The minimum atomic E-state index is -0.702. The van der Waals surface area contributed by atoms with Crippen molar-refractivity contribution in [3.05, 3.63) is 57.6 Å². The van der Waals surface area contributed by atoms with E-state index in [4.69, 9.17) is 14.2 Å². The van der Waals surface area contributed by atoms with Gasteiger partial charge in [-0.15, -0.1) is 0 Å². The summed E-state index contributed by atoms with van der Waals surface area (Å²) in [5, 5.41) is 13.3. The van der Waals surface area contributed by atoms with Gasteiger partial charge >= 0.3 is 5.97 Å². The fourth-order valence-electron chi connectivity index (χ4n) is 2.27. The summed E-state index contributed by atoms with van der Waals surface area (Å²) in [5.74, 6) is -0.453. The monoisotopic (exact) mass is 374 g/mol. The molecule has 0 saturated heterocycles. The largest absolute Gasteiger partial charge is 0.493 e. The second-order valence-corrected chi connectivity index (χ2v) is 5.45. The van der Waals surface area contributed by atoms with Gasteiger partial charge in [0.15, 0.2) is 18.1 Å². The van der Waals surface area contributed by atoms with E-state index in [1.807, 2.05) is 0 Å². The van der Waals surface area contributed by atoms with E-state index in [2.05, 4.69) is 5.32 Å². The van der Waals surface area contributed by atoms with Crippen LogP contribution in [-0.2, 0) is 9.53 Å². The van der Waals surface area contributed by atoms with E-state index < -0.39 is 23.4 Å². The van der Waals surface area contributed by atoms with Gasteiger partial charge in [-0.3, -0.25) is 14.9 Å². The predicted octanol–water partition coefficient (Wildman–Crippen LogP) is 2.72. The highest BCUT2D eigenvalue weighted by molar-refractivity contribution is 5.96. The molecule has 142 valence electrons. The molecule has 0 bridgehead atoms. The first-order valence-corrected chi connectivity index (χ1v) is 7.79. The molecular weight excluding hydrogens is 356 g/mol. The zero-order valence-corrected chi connectivity index (χ0v) is 15.0. The van der Waals surface area contributed by atoms with Gasteiger partial charge in [0.25, 0.3) is 11.6 Å². The first-order chi connectivity index (χ1) is 12.8. The number of amides is 1. The van der Waals surface area contributed by atoms with E-state index in [-0.39, 0.29) is 11.3 Å². The third-order valence-electron chi connectivity index (χ3n) is 3.65. The lowest BCUT2D eigenvalue weighted by Gasteiger charge is -2.10. The van der Waals surface area contributed by atoms with Crippen molar-refractivity contribution in [1.29, 1.82) is 0 Å². The second-order valence-electron chi connectivity index (χ2n) is 5.45. The number of non-ortho nitro benzene ring substituents is 1. The lowest BCUT2D eigenvalue weighted by atomic mass is 10.2. The molecule has 0 atom stereocenters. The molecule has 2 aromatic rings. The van der Waals surface area contributed by atoms with E-state index >= 15 is 0 Å². The number of nitro benzene ring substituents is 1. The van der Waals surface area contributed by atoms with Gasteiger partial charge in [-0.2, -0.15) is 0 Å². The topological polar surface area (TPSA) is 117 Å². The summed E-state index contributed by atoms with van der Waals surface area (Å²) in [6.07, 6.45) is 0. The SMILES string of the molecule is COc1ccc(C(=O)OCC(=O)Nc2ccc([N+](=O)[O-])cc2C)cc1OC. The number of benzene rings is 2. The number of hydrogen-bond donors (Lipinski definition) is 1. The van der Waals surface area contributed by atoms with Crippen molar-refractivity contribution in [3.63, 3.8) is 0 Å². The average Bonchev–Trinajstić information content (AvgIpc) is 2.66. The lowest BCUT2D eigenvalue weighted by Crippen LogP contribution is -2.21. The average molecular weight is 374 g/mol. The summed E-state index contributed by atoms with van der Waals surface area (Å²) in [6, 6.07) is 8.52. The van der Waals surface area contributed by atoms with E-state index in [1.165, 1.54) is 44.6 Å². The van der Waals surface area contributed by atoms with Crippen molar-refractivity contribution in [2.24, 2.45) is 0 Å². The fraction of sp³-hybridized carbons (Fsp3) is 0.222. The molecule has 0 spiro atoms. The van der Waals surface area contributed by atoms with E-state index in [1.54, 1.807) is 13.0 Å². The maximum Gasteiger partial charge on any atom is 0.338 e. The Balaban J connectivity index is 1.97. The van der Waals surface area contributed by atoms with Crippen LogP contribution >= 0.6 is 0 Å². The molecule has 0 aliphatic carbocycles. The molecule has 0 aliphatic heterocycles. The van der Waals surface area contributed by atoms with Crippen molar-refractivity contribution in [3.8, 4) is 11.5 Å². The zero-order chi connectivity index (χ0) is 20.0. The van der Waals surface area contributed by atoms with E-state index in [0.717, 1.165) is 0 Å². The highest BCUT2D eigenvalue weighted by Crippen LogP contribution is 2.27. The number of esters is 1. The number of carbonyl (C=O) groups excluding carboxylic acids is 2. The molecule has 0 fully saturated rings. The number of carbonyl (C=O) groups is 2. The molecule has 2 rings (SSSR count). The third-order valence-corrected chi connectivity index (χ3v) is 3.65. The Morgan fingerprint density at radius 3 is 2.37 bits per heavy atom. The zero-order valence-electron chi connectivity index (χ0n) is 15.0. The van der Waals surface area contributed by atoms with Crippen LogP contribution in [0.2, 0.25) is 0 Å². The Morgan fingerprint density at radius 1 is 1.07 bits per heavy atom. The summed E-state index contributed by atoms with van der Waals surface area (Å²) >= 11 is 0. The molecular formula is C18H18N2O7. The Labute approximate surface area is 155 Å². The summed E-state index contributed by atoms with van der Waals surface area (Å²) < 4.78 is 15.2. The summed E-state index contributed by atoms with van der Waals surface area (Å²) in [6.45, 7) is 1.11. The summed E-state index contributed by atoms with van der Waals surface area (Å²) in [4.78, 5) is 34.3. The van der Waals surface area contributed by atoms with Gasteiger partial charge in [-0.25, -0.2) is 4.79 Å². The highest BCUT2D eigenvalue weighted by atomic mass is 16.6. The molecule has 0 heterocycles. The predicted molar refractivity (Wildman–Crippen MR) is 96.3 cm³/mol. The number of methoxy groups -OCH3 is 2. The van der Waals surface area contributed by atoms with Crippen LogP contribution in [0.25, 0.3) is 0 Å². The number of nitro groups is 1. The minimum absolute atomic E-state index is 0.0784. The van der Waals surface area contributed by atoms with Crippen LogP contribution in [0.3, 0.4) is 0 Å². The molecule has 9 heteroatoms. The molecule has 27 heavy (non-hydrogen) atoms. The van der Waals surface area contributed by atoms with E-state index in [0.29, 0.717) is 22.7 Å². The number of ether oxygens (including phenoxy) is 3. The van der Waals surface area contributed by atoms with Gasteiger partial charge in [0.05, 0.1) is 24.7 Å². The molecule has 0 unspecified atom stereocenters. The van der Waals surface area contributed by atoms with Crippen LogP contribution in [0.5, 0.6) is 11.5 Å². The Bertz CT molecular complexity index is 880. The molecule has 0 aliphatic rings. The van der Waals surface area contributed by atoms with Crippen LogP contribution in [0, 0.1) is 17.0 Å². The minimum Gasteiger partial charge on any atom is -0.493 e. The first kappa shape index (κ1) is 19.7. The number of rotatable bonds is 7. The van der Waals surface area contributed by atoms with Crippen LogP contribution in [0.4, 0.5) is 11.4 Å². The Hall–Kier alpha value is -3.62. The first-order valence-electron chi connectivity index (χ1n) is 7.79. The van der Waals surface area contributed by atoms with Crippen molar-refractivity contribution in [1.82, 2.24) is 0 Å². The summed E-state index contributed by atoms with van der Waals surface area (Å²) in [5.41, 5.74) is 1.04. The van der Waals surface area contributed by atoms with Crippen LogP contribution in [0.15, 0.2) is 36.4 Å². The highest BCUT2D eigenvalue weighted by Gasteiger charge is 2.15. The van der Waals surface area contributed by atoms with Gasteiger partial charge in [0, 0.05) is 17.8 Å². The number of aryl methyl sites for hydroxylation is 1. The Kier molecular flexibility index (Phi) is 6.32. The molecule has 9 nitrogen and oxygen atoms in total. The number of anilines is 1. The molecule has 0 saturated carbocycles. The van der Waals surface area contributed by atoms with Gasteiger partial charge in [0.1, 0.15) is 0 Å². The molecule has 1 amide bonds. The summed E-state index contributed by atoms with van der Waals surface area (Å²) in [7, 11) is 2.91. The second kappa shape index (κ2) is 8.65. The molecule has 0 radical (unpaired) electrons. The lowest BCUT2D eigenvalue weighted by molar-refractivity contribution is -0.384. The third kappa shape index (κ3) is 4.94. The fourth-order valence-corrected chi connectivity index (χ4v) is 2.27. The maximum absolute atomic E-state index is 12.1. The van der Waals surface area contributed by atoms with Crippen molar-refractivity contribution in [2.75, 3.05) is 26.1 Å². The van der Waals surface area contributed by atoms with Crippen molar-refractivity contribution >= 4 is 23.3 Å². The molecule has 2 aromatic carbocycles. The van der Waals surface area contributed by atoms with Crippen molar-refractivity contribution in [2.45, 2.75) is 6.92 Å². The molecule has 0 aromatic heterocycles. The van der Waals surface area contributed by atoms with Gasteiger partial charge in [0.2, 0.25) is 0 Å². The maximum atomic E-state index is 12.1. The van der Waals surface area contributed by atoms with Gasteiger partial charge in [-0.05, 0) is 36.8 Å². The van der Waals surface area contributed by atoms with Crippen LogP contribution in [0.1, 0.15) is 15.9 Å². The van der Waals surface area contributed by atoms with Crippen LogP contribution < -0.4 is 14.8 Å². The van der Waals surface area contributed by atoms with Gasteiger partial charge in [-0.1, -0.05) is 0 Å². The number of nitrogens with zero attached hydrogens (tertiary/aromatic N) is 1. The van der Waals surface area contributed by atoms with Gasteiger partial charge < -0.3 is 19.5 Å². The van der Waals surface area contributed by atoms with E-state index in [9.17, 15) is 19.7 Å². The number of hydrogen-bond acceptors (Lipinski definition) is 7. The Morgan fingerprint density at radius 2 is 1.78 bits per heavy atom. The van der Waals surface area contributed by atoms with Crippen molar-refractivity contribution < 1.29 is 28.7 Å². The molecule has 1 N–H and O–H groups in total. The smallest absolute Gasteiger partial charge is 0.338 e.